The number of hydrogen-bond acceptors (Lipinski definition) is 5. The van der Waals surface area contributed by atoms with Gasteiger partial charge in [-0.3, -0.25) is 14.4 Å². The zero-order valence-corrected chi connectivity index (χ0v) is 20.0. The zero-order valence-electron chi connectivity index (χ0n) is 20.0. The van der Waals surface area contributed by atoms with Crippen LogP contribution < -0.4 is 9.64 Å². The van der Waals surface area contributed by atoms with Gasteiger partial charge in [0.15, 0.2) is 17.1 Å². The highest BCUT2D eigenvalue weighted by Crippen LogP contribution is 2.56. The molecule has 2 aromatic rings. The van der Waals surface area contributed by atoms with Gasteiger partial charge < -0.3 is 19.3 Å². The molecule has 1 spiro atoms. The third-order valence-electron chi connectivity index (χ3n) is 8.04. The lowest BCUT2D eigenvalue weighted by molar-refractivity contribution is -0.140. The standard InChI is InChI=1S/C28H28N2O5/c1-29-21-9-5-4-8-20(21)28(27(29)33)23-24(31)19-7-3-6-10-22(19)35-25(23)26(32)30(28)16-15-17-11-13-18(34-2)14-12-17/h4-5,8-9,11-14,19,22H,3,6-7,10,15-16H2,1-2H3. The van der Waals surface area contributed by atoms with Gasteiger partial charge in [-0.1, -0.05) is 36.8 Å². The monoisotopic (exact) mass is 472 g/mol. The lowest BCUT2D eigenvalue weighted by Gasteiger charge is -2.38. The van der Waals surface area contributed by atoms with Crippen LogP contribution in [0.2, 0.25) is 0 Å². The maximum absolute atomic E-state index is 14.1. The van der Waals surface area contributed by atoms with E-state index in [0.717, 1.165) is 37.0 Å². The van der Waals surface area contributed by atoms with Gasteiger partial charge in [-0.25, -0.2) is 0 Å². The van der Waals surface area contributed by atoms with Crippen molar-refractivity contribution in [3.8, 4) is 5.75 Å². The molecule has 35 heavy (non-hydrogen) atoms. The molecule has 0 bridgehead atoms. The number of nitrogens with zero attached hydrogens (tertiary/aromatic N) is 2. The minimum atomic E-state index is -1.48. The molecule has 3 aliphatic heterocycles. The molecule has 0 N–H and O–H groups in total. The molecule has 0 radical (unpaired) electrons. The average molecular weight is 473 g/mol. The van der Waals surface area contributed by atoms with E-state index >= 15 is 0 Å². The highest BCUT2D eigenvalue weighted by Gasteiger charge is 2.67. The summed E-state index contributed by atoms with van der Waals surface area (Å²) >= 11 is 0. The molecule has 6 rings (SSSR count). The summed E-state index contributed by atoms with van der Waals surface area (Å²) in [6.45, 7) is 0.276. The van der Waals surface area contributed by atoms with Crippen LogP contribution in [0.15, 0.2) is 59.9 Å². The zero-order chi connectivity index (χ0) is 24.3. The smallest absolute Gasteiger partial charge is 0.290 e. The van der Waals surface area contributed by atoms with Crippen LogP contribution in [0.4, 0.5) is 5.69 Å². The number of anilines is 1. The fourth-order valence-corrected chi connectivity index (χ4v) is 6.30. The summed E-state index contributed by atoms with van der Waals surface area (Å²) in [6, 6.07) is 15.1. The molecule has 3 heterocycles. The topological polar surface area (TPSA) is 76.1 Å². The Morgan fingerprint density at radius 2 is 1.77 bits per heavy atom. The van der Waals surface area contributed by atoms with Crippen molar-refractivity contribution >= 4 is 23.3 Å². The number of carbonyl (C=O) groups is 3. The molecule has 1 aliphatic carbocycles. The first-order chi connectivity index (χ1) is 17.0. The number of carbonyl (C=O) groups excluding carboxylic acids is 3. The summed E-state index contributed by atoms with van der Waals surface area (Å²) in [6.07, 6.45) is 3.64. The van der Waals surface area contributed by atoms with E-state index in [-0.39, 0.29) is 47.5 Å². The van der Waals surface area contributed by atoms with E-state index in [0.29, 0.717) is 17.7 Å². The predicted molar refractivity (Wildman–Crippen MR) is 129 cm³/mol. The molecule has 0 saturated heterocycles. The number of ether oxygens (including phenoxy) is 2. The van der Waals surface area contributed by atoms with Crippen LogP contribution >= 0.6 is 0 Å². The number of para-hydroxylation sites is 1. The van der Waals surface area contributed by atoms with Gasteiger partial charge in [0, 0.05) is 24.8 Å². The lowest BCUT2D eigenvalue weighted by Crippen LogP contribution is -2.54. The van der Waals surface area contributed by atoms with E-state index in [4.69, 9.17) is 9.47 Å². The Bertz CT molecular complexity index is 1270. The second-order valence-corrected chi connectivity index (χ2v) is 9.76. The number of Topliss-reactive ketones (excluding diaryl/α,β-unsaturated/α-hetero) is 1. The largest absolute Gasteiger partial charge is 0.497 e. The highest BCUT2D eigenvalue weighted by atomic mass is 16.5. The third kappa shape index (κ3) is 2.93. The minimum absolute atomic E-state index is 0.0753. The molecule has 1 fully saturated rings. The van der Waals surface area contributed by atoms with Gasteiger partial charge in [-0.2, -0.15) is 0 Å². The number of fused-ring (bicyclic) bond motifs is 4. The minimum Gasteiger partial charge on any atom is -0.497 e. The van der Waals surface area contributed by atoms with Crippen LogP contribution in [0.1, 0.15) is 36.8 Å². The van der Waals surface area contributed by atoms with E-state index < -0.39 is 5.54 Å². The van der Waals surface area contributed by atoms with Crippen molar-refractivity contribution in [3.63, 3.8) is 0 Å². The van der Waals surface area contributed by atoms with E-state index in [1.54, 1.807) is 24.0 Å². The molecule has 2 aromatic carbocycles. The summed E-state index contributed by atoms with van der Waals surface area (Å²) in [5.74, 6) is -0.231. The second-order valence-electron chi connectivity index (χ2n) is 9.76. The van der Waals surface area contributed by atoms with Crippen LogP contribution in [-0.2, 0) is 31.1 Å². The van der Waals surface area contributed by atoms with Gasteiger partial charge in [0.2, 0.25) is 0 Å². The molecule has 3 unspecified atom stereocenters. The first-order valence-electron chi connectivity index (χ1n) is 12.3. The Kier molecular flexibility index (Phi) is 4.99. The van der Waals surface area contributed by atoms with Crippen LogP contribution in [0, 0.1) is 5.92 Å². The Morgan fingerprint density at radius 3 is 2.54 bits per heavy atom. The predicted octanol–water partition coefficient (Wildman–Crippen LogP) is 3.36. The van der Waals surface area contributed by atoms with Gasteiger partial charge >= 0.3 is 0 Å². The average Bonchev–Trinajstić information content (AvgIpc) is 3.27. The van der Waals surface area contributed by atoms with Crippen molar-refractivity contribution in [3.05, 3.63) is 71.0 Å². The number of methoxy groups -OCH3 is 1. The van der Waals surface area contributed by atoms with Crippen molar-refractivity contribution in [1.29, 1.82) is 0 Å². The van der Waals surface area contributed by atoms with Gasteiger partial charge in [-0.05, 0) is 49.4 Å². The molecule has 4 aliphatic rings. The van der Waals surface area contributed by atoms with Crippen molar-refractivity contribution in [2.75, 3.05) is 25.6 Å². The van der Waals surface area contributed by atoms with Crippen molar-refractivity contribution < 1.29 is 23.9 Å². The highest BCUT2D eigenvalue weighted by molar-refractivity contribution is 6.23. The number of hydrogen-bond donors (Lipinski definition) is 0. The summed E-state index contributed by atoms with van der Waals surface area (Å²) in [5, 5.41) is 0. The Morgan fingerprint density at radius 1 is 1.03 bits per heavy atom. The molecule has 7 nitrogen and oxygen atoms in total. The normalized spacial score (nSPS) is 27.2. The number of likely N-dealkylation sites (N-methyl/N-ethyl adjacent to an activating group) is 1. The summed E-state index contributed by atoms with van der Waals surface area (Å²) < 4.78 is 11.5. The SMILES string of the molecule is COc1ccc(CCN2C(=O)C3=C(C(=O)C4CCCCC4O3)C23C(=O)N(C)c2ccccc23)cc1. The summed E-state index contributed by atoms with van der Waals surface area (Å²) in [7, 11) is 3.32. The number of amides is 2. The van der Waals surface area contributed by atoms with E-state index in [2.05, 4.69) is 0 Å². The van der Waals surface area contributed by atoms with Crippen LogP contribution in [0.3, 0.4) is 0 Å². The van der Waals surface area contributed by atoms with Crippen molar-refractivity contribution in [2.24, 2.45) is 5.92 Å². The fraction of sp³-hybridized carbons (Fsp3) is 0.393. The van der Waals surface area contributed by atoms with Gasteiger partial charge in [-0.15, -0.1) is 0 Å². The molecule has 1 saturated carbocycles. The summed E-state index contributed by atoms with van der Waals surface area (Å²) in [5.41, 5.74) is 1.15. The quantitative estimate of drug-likeness (QED) is 0.682. The second kappa shape index (κ2) is 7.97. The summed E-state index contributed by atoms with van der Waals surface area (Å²) in [4.78, 5) is 45.1. The van der Waals surface area contributed by atoms with Gasteiger partial charge in [0.25, 0.3) is 11.8 Å². The number of benzene rings is 2. The molecule has 0 aromatic heterocycles. The number of rotatable bonds is 4. The third-order valence-corrected chi connectivity index (χ3v) is 8.04. The van der Waals surface area contributed by atoms with E-state index in [9.17, 15) is 14.4 Å². The Hall–Kier alpha value is -3.61. The molecule has 3 atom stereocenters. The fourth-order valence-electron chi connectivity index (χ4n) is 6.30. The van der Waals surface area contributed by atoms with Gasteiger partial charge in [0.05, 0.1) is 18.6 Å². The van der Waals surface area contributed by atoms with Crippen LogP contribution in [0.5, 0.6) is 5.75 Å². The molecular weight excluding hydrogens is 444 g/mol. The Labute approximate surface area is 204 Å². The first-order valence-corrected chi connectivity index (χ1v) is 12.3. The first kappa shape index (κ1) is 21.9. The Balaban J connectivity index is 1.47. The van der Waals surface area contributed by atoms with Gasteiger partial charge in [0.1, 0.15) is 11.9 Å². The van der Waals surface area contributed by atoms with E-state index in [1.165, 1.54) is 0 Å². The molecule has 180 valence electrons. The molecule has 2 amide bonds. The number of ketones is 1. The van der Waals surface area contributed by atoms with Crippen LogP contribution in [-0.4, -0.2) is 49.3 Å². The lowest BCUT2D eigenvalue weighted by atomic mass is 9.73. The van der Waals surface area contributed by atoms with Crippen LogP contribution in [0.25, 0.3) is 0 Å². The van der Waals surface area contributed by atoms with E-state index in [1.807, 2.05) is 48.5 Å². The van der Waals surface area contributed by atoms with Crippen molar-refractivity contribution in [2.45, 2.75) is 43.7 Å². The molecule has 7 heteroatoms. The van der Waals surface area contributed by atoms with Crippen molar-refractivity contribution in [1.82, 2.24) is 4.90 Å². The maximum Gasteiger partial charge on any atom is 0.290 e. The maximum atomic E-state index is 14.1. The molecular formula is C28H28N2O5.